The van der Waals surface area contributed by atoms with Crippen LogP contribution in [0.5, 0.6) is 5.75 Å². The van der Waals surface area contributed by atoms with Gasteiger partial charge in [-0.3, -0.25) is 14.4 Å². The van der Waals surface area contributed by atoms with Gasteiger partial charge in [0, 0.05) is 20.7 Å². The molecule has 196 valence electrons. The van der Waals surface area contributed by atoms with Crippen LogP contribution in [0.1, 0.15) is 21.5 Å². The topological polar surface area (TPSA) is 109 Å². The predicted octanol–water partition coefficient (Wildman–Crippen LogP) is 6.02. The van der Waals surface area contributed by atoms with Gasteiger partial charge in [-0.1, -0.05) is 70.0 Å². The number of para-hydroxylation sites is 1. The molecule has 0 atom stereocenters. The first-order chi connectivity index (χ1) is 18.9. The van der Waals surface area contributed by atoms with E-state index in [1.54, 1.807) is 48.5 Å². The van der Waals surface area contributed by atoms with Crippen LogP contribution >= 0.6 is 27.5 Å². The number of ether oxygens (including phenoxy) is 1. The number of halogens is 2. The van der Waals surface area contributed by atoms with Crippen LogP contribution in [0.25, 0.3) is 0 Å². The summed E-state index contributed by atoms with van der Waals surface area (Å²) in [5.41, 5.74) is 4.65. The Hall–Kier alpha value is -4.47. The molecule has 0 aliphatic rings. The van der Waals surface area contributed by atoms with Gasteiger partial charge in [0.15, 0.2) is 0 Å². The van der Waals surface area contributed by atoms with Gasteiger partial charge in [-0.25, -0.2) is 5.43 Å². The molecular formula is C29H22BrClN4O4. The van der Waals surface area contributed by atoms with Crippen LogP contribution in [-0.2, 0) is 16.2 Å². The summed E-state index contributed by atoms with van der Waals surface area (Å²) < 4.78 is 6.68. The zero-order valence-electron chi connectivity index (χ0n) is 20.4. The van der Waals surface area contributed by atoms with E-state index in [4.69, 9.17) is 16.3 Å². The molecule has 0 fully saturated rings. The van der Waals surface area contributed by atoms with Gasteiger partial charge in [-0.2, -0.15) is 5.10 Å². The Kier molecular flexibility index (Phi) is 9.44. The highest BCUT2D eigenvalue weighted by atomic mass is 79.9. The molecular weight excluding hydrogens is 584 g/mol. The second-order valence-electron chi connectivity index (χ2n) is 8.12. The quantitative estimate of drug-likeness (QED) is 0.130. The molecule has 0 aliphatic carbocycles. The van der Waals surface area contributed by atoms with Crippen molar-refractivity contribution in [2.75, 3.05) is 10.6 Å². The zero-order chi connectivity index (χ0) is 27.6. The summed E-state index contributed by atoms with van der Waals surface area (Å²) in [4.78, 5) is 37.7. The summed E-state index contributed by atoms with van der Waals surface area (Å²) in [6.07, 6.45) is 1.38. The lowest BCUT2D eigenvalue weighted by Gasteiger charge is -2.11. The first kappa shape index (κ1) is 27.6. The number of nitrogens with zero attached hydrogens (tertiary/aromatic N) is 1. The predicted molar refractivity (Wildman–Crippen MR) is 155 cm³/mol. The van der Waals surface area contributed by atoms with E-state index < -0.39 is 17.7 Å². The van der Waals surface area contributed by atoms with Gasteiger partial charge in [-0.15, -0.1) is 0 Å². The molecule has 0 saturated heterocycles. The van der Waals surface area contributed by atoms with Gasteiger partial charge in [0.25, 0.3) is 5.91 Å². The molecule has 4 aromatic carbocycles. The smallest absolute Gasteiger partial charge is 0.329 e. The van der Waals surface area contributed by atoms with E-state index in [1.807, 2.05) is 36.4 Å². The zero-order valence-corrected chi connectivity index (χ0v) is 22.7. The average molecular weight is 606 g/mol. The molecule has 0 unspecified atom stereocenters. The van der Waals surface area contributed by atoms with Crippen molar-refractivity contribution in [1.82, 2.24) is 5.43 Å². The Labute approximate surface area is 238 Å². The minimum atomic E-state index is -1.01. The number of rotatable bonds is 8. The number of amides is 3. The molecule has 0 aromatic heterocycles. The van der Waals surface area contributed by atoms with E-state index in [2.05, 4.69) is 37.1 Å². The summed E-state index contributed by atoms with van der Waals surface area (Å²) in [6, 6.07) is 27.9. The van der Waals surface area contributed by atoms with Gasteiger partial charge >= 0.3 is 11.8 Å². The molecule has 4 aromatic rings. The van der Waals surface area contributed by atoms with Gasteiger partial charge < -0.3 is 15.4 Å². The summed E-state index contributed by atoms with van der Waals surface area (Å²) in [6.45, 7) is 0.350. The van der Waals surface area contributed by atoms with Crippen LogP contribution in [-0.4, -0.2) is 23.9 Å². The lowest BCUT2D eigenvalue weighted by Crippen LogP contribution is -2.33. The maximum absolute atomic E-state index is 12.8. The monoisotopic (exact) mass is 604 g/mol. The van der Waals surface area contributed by atoms with Gasteiger partial charge in [0.2, 0.25) is 0 Å². The number of hydrogen-bond acceptors (Lipinski definition) is 5. The van der Waals surface area contributed by atoms with Crippen LogP contribution < -0.4 is 20.8 Å². The number of hydrogen-bond donors (Lipinski definition) is 3. The van der Waals surface area contributed by atoms with Crippen molar-refractivity contribution < 1.29 is 19.1 Å². The Bertz CT molecular complexity index is 1510. The Morgan fingerprint density at radius 1 is 0.846 bits per heavy atom. The molecule has 0 aliphatic heterocycles. The van der Waals surface area contributed by atoms with E-state index >= 15 is 0 Å². The van der Waals surface area contributed by atoms with E-state index in [0.29, 0.717) is 28.6 Å². The van der Waals surface area contributed by atoms with E-state index in [-0.39, 0.29) is 11.3 Å². The maximum Gasteiger partial charge on any atom is 0.329 e. The Morgan fingerprint density at radius 2 is 1.56 bits per heavy atom. The third kappa shape index (κ3) is 8.00. The third-order valence-electron chi connectivity index (χ3n) is 5.31. The minimum absolute atomic E-state index is 0.164. The van der Waals surface area contributed by atoms with Crippen molar-refractivity contribution in [2.24, 2.45) is 5.10 Å². The van der Waals surface area contributed by atoms with Crippen molar-refractivity contribution in [2.45, 2.75) is 6.61 Å². The summed E-state index contributed by atoms with van der Waals surface area (Å²) >= 11 is 9.29. The first-order valence-electron chi connectivity index (χ1n) is 11.7. The first-order valence-corrected chi connectivity index (χ1v) is 12.8. The normalized spacial score (nSPS) is 10.6. The second kappa shape index (κ2) is 13.4. The molecule has 3 N–H and O–H groups in total. The maximum atomic E-state index is 12.8. The van der Waals surface area contributed by atoms with E-state index in [9.17, 15) is 14.4 Å². The highest BCUT2D eigenvalue weighted by Gasteiger charge is 2.18. The number of anilines is 2. The number of nitrogens with one attached hydrogen (secondary N) is 3. The highest BCUT2D eigenvalue weighted by molar-refractivity contribution is 9.10. The minimum Gasteiger partial charge on any atom is -0.488 e. The third-order valence-corrected chi connectivity index (χ3v) is 6.05. The number of hydrazone groups is 1. The number of carbonyl (C=O) groups excluding carboxylic acids is 3. The molecule has 0 bridgehead atoms. The summed E-state index contributed by atoms with van der Waals surface area (Å²) in [5, 5.41) is 9.62. The lowest BCUT2D eigenvalue weighted by molar-refractivity contribution is -0.136. The van der Waals surface area contributed by atoms with Crippen molar-refractivity contribution in [1.29, 1.82) is 0 Å². The fourth-order valence-electron chi connectivity index (χ4n) is 3.40. The van der Waals surface area contributed by atoms with Crippen LogP contribution in [0.15, 0.2) is 107 Å². The summed E-state index contributed by atoms with van der Waals surface area (Å²) in [5.74, 6) is -1.93. The van der Waals surface area contributed by atoms with Crippen molar-refractivity contribution in [3.63, 3.8) is 0 Å². The molecule has 0 radical (unpaired) electrons. The molecule has 39 heavy (non-hydrogen) atoms. The van der Waals surface area contributed by atoms with Crippen LogP contribution in [0.2, 0.25) is 5.02 Å². The van der Waals surface area contributed by atoms with Crippen LogP contribution in [0.3, 0.4) is 0 Å². The summed E-state index contributed by atoms with van der Waals surface area (Å²) in [7, 11) is 0. The van der Waals surface area contributed by atoms with Crippen LogP contribution in [0.4, 0.5) is 11.4 Å². The molecule has 4 rings (SSSR count). The fourth-order valence-corrected chi connectivity index (χ4v) is 3.90. The van der Waals surface area contributed by atoms with Gasteiger partial charge in [0.1, 0.15) is 12.4 Å². The molecule has 0 heterocycles. The standard InChI is InChI=1S/C29H22BrClN4O4/c30-21-10-15-26(39-18-19-6-2-1-3-7-19)20(16-21)17-32-35-29(38)28(37)34-25-9-5-4-8-24(25)27(36)33-23-13-11-22(31)12-14-23/h1-17H,18H2,(H,33,36)(H,34,37)(H,35,38)/b32-17+. The largest absolute Gasteiger partial charge is 0.488 e. The number of carbonyl (C=O) groups is 3. The van der Waals surface area contributed by atoms with Gasteiger partial charge in [-0.05, 0) is 60.2 Å². The fraction of sp³-hybridized carbons (Fsp3) is 0.0345. The van der Waals surface area contributed by atoms with Crippen LogP contribution in [0, 0.1) is 0 Å². The van der Waals surface area contributed by atoms with Gasteiger partial charge in [0.05, 0.1) is 17.5 Å². The average Bonchev–Trinajstić information content (AvgIpc) is 2.94. The van der Waals surface area contributed by atoms with Crippen molar-refractivity contribution in [3.8, 4) is 5.75 Å². The van der Waals surface area contributed by atoms with E-state index in [1.165, 1.54) is 18.3 Å². The van der Waals surface area contributed by atoms with E-state index in [0.717, 1.165) is 10.0 Å². The molecule has 0 spiro atoms. The van der Waals surface area contributed by atoms with Crippen molar-refractivity contribution in [3.05, 3.63) is 123 Å². The molecule has 3 amide bonds. The Balaban J connectivity index is 1.38. The number of benzene rings is 4. The lowest BCUT2D eigenvalue weighted by atomic mass is 10.1. The Morgan fingerprint density at radius 3 is 2.33 bits per heavy atom. The second-order valence-corrected chi connectivity index (χ2v) is 9.47. The molecule has 0 saturated carbocycles. The SMILES string of the molecule is O=C(N/N=C/c1cc(Br)ccc1OCc1ccccc1)C(=O)Nc1ccccc1C(=O)Nc1ccc(Cl)cc1. The van der Waals surface area contributed by atoms with Crippen molar-refractivity contribution >= 4 is 62.8 Å². The molecule has 10 heteroatoms. The molecule has 8 nitrogen and oxygen atoms in total. The highest BCUT2D eigenvalue weighted by Crippen LogP contribution is 2.23.